The Morgan fingerprint density at radius 2 is 1.88 bits per heavy atom. The average molecular weight is 231 g/mol. The van der Waals surface area contributed by atoms with Gasteiger partial charge in [-0.25, -0.2) is 4.90 Å². The van der Waals surface area contributed by atoms with Gasteiger partial charge in [-0.05, 0) is 25.3 Å². The second kappa shape index (κ2) is 3.55. The van der Waals surface area contributed by atoms with E-state index in [-0.39, 0.29) is 23.7 Å². The van der Waals surface area contributed by atoms with E-state index in [2.05, 4.69) is 4.98 Å². The molecule has 17 heavy (non-hydrogen) atoms. The zero-order valence-corrected chi connectivity index (χ0v) is 9.30. The fourth-order valence-electron chi connectivity index (χ4n) is 2.74. The predicted octanol–water partition coefficient (Wildman–Crippen LogP) is 0.953. The van der Waals surface area contributed by atoms with Gasteiger partial charge in [0.25, 0.3) is 0 Å². The molecular weight excluding hydrogens is 218 g/mol. The number of pyridine rings is 1. The lowest BCUT2D eigenvalue weighted by atomic mass is 9.96. The molecule has 2 amide bonds. The molecule has 0 spiro atoms. The van der Waals surface area contributed by atoms with E-state index in [1.165, 1.54) is 11.1 Å². The minimum absolute atomic E-state index is 0.00901. The molecule has 3 rings (SSSR count). The van der Waals surface area contributed by atoms with Crippen molar-refractivity contribution in [2.45, 2.75) is 19.3 Å². The standard InChI is InChI=1S/C12H13N3O2/c13-9-6-14-4-3-10(9)15-11(16)7-1-2-8(5-7)12(15)17/h3-4,6-8H,1-2,5,13H2. The van der Waals surface area contributed by atoms with Gasteiger partial charge in [-0.2, -0.15) is 0 Å². The lowest BCUT2D eigenvalue weighted by Gasteiger charge is -2.30. The summed E-state index contributed by atoms with van der Waals surface area (Å²) >= 11 is 0. The summed E-state index contributed by atoms with van der Waals surface area (Å²) in [6.07, 6.45) is 5.35. The fourth-order valence-corrected chi connectivity index (χ4v) is 2.74. The van der Waals surface area contributed by atoms with Crippen LogP contribution in [0.15, 0.2) is 18.5 Å². The predicted molar refractivity (Wildman–Crippen MR) is 62.0 cm³/mol. The van der Waals surface area contributed by atoms with Gasteiger partial charge < -0.3 is 5.73 Å². The minimum atomic E-state index is -0.110. The van der Waals surface area contributed by atoms with Crippen LogP contribution in [0.25, 0.3) is 0 Å². The van der Waals surface area contributed by atoms with Crippen LogP contribution in [-0.4, -0.2) is 16.8 Å². The maximum atomic E-state index is 12.2. The maximum absolute atomic E-state index is 12.2. The summed E-state index contributed by atoms with van der Waals surface area (Å²) in [5.41, 5.74) is 6.63. The first kappa shape index (κ1) is 10.3. The van der Waals surface area contributed by atoms with E-state index >= 15 is 0 Å². The first-order valence-corrected chi connectivity index (χ1v) is 5.76. The molecule has 2 heterocycles. The molecule has 1 saturated heterocycles. The zero-order valence-electron chi connectivity index (χ0n) is 9.30. The summed E-state index contributed by atoms with van der Waals surface area (Å²) in [7, 11) is 0. The van der Waals surface area contributed by atoms with E-state index in [0.29, 0.717) is 17.8 Å². The topological polar surface area (TPSA) is 76.3 Å². The smallest absolute Gasteiger partial charge is 0.236 e. The van der Waals surface area contributed by atoms with Crippen LogP contribution < -0.4 is 10.6 Å². The van der Waals surface area contributed by atoms with Gasteiger partial charge in [-0.1, -0.05) is 0 Å². The molecule has 1 aromatic rings. The maximum Gasteiger partial charge on any atom is 0.236 e. The van der Waals surface area contributed by atoms with E-state index in [1.54, 1.807) is 12.3 Å². The lowest BCUT2D eigenvalue weighted by molar-refractivity contribution is -0.132. The van der Waals surface area contributed by atoms with Gasteiger partial charge in [0.15, 0.2) is 0 Å². The number of nitrogens with two attached hydrogens (primary N) is 1. The number of aromatic nitrogens is 1. The highest BCUT2D eigenvalue weighted by Crippen LogP contribution is 2.40. The molecule has 2 bridgehead atoms. The summed E-state index contributed by atoms with van der Waals surface area (Å²) in [6.45, 7) is 0. The third-order valence-corrected chi connectivity index (χ3v) is 3.64. The molecule has 1 aliphatic carbocycles. The van der Waals surface area contributed by atoms with Crippen molar-refractivity contribution in [1.29, 1.82) is 0 Å². The number of carbonyl (C=O) groups is 2. The number of hydrogen-bond donors (Lipinski definition) is 1. The van der Waals surface area contributed by atoms with Crippen LogP contribution in [0.4, 0.5) is 11.4 Å². The molecule has 0 radical (unpaired) electrons. The summed E-state index contributed by atoms with van der Waals surface area (Å²) < 4.78 is 0. The highest BCUT2D eigenvalue weighted by molar-refractivity contribution is 6.19. The first-order chi connectivity index (χ1) is 8.18. The molecular formula is C12H13N3O2. The number of fused-ring (bicyclic) bond motifs is 2. The molecule has 1 saturated carbocycles. The Hall–Kier alpha value is -1.91. The summed E-state index contributed by atoms with van der Waals surface area (Å²) in [5.74, 6) is -0.237. The van der Waals surface area contributed by atoms with Crippen LogP contribution in [0.1, 0.15) is 19.3 Å². The van der Waals surface area contributed by atoms with Crippen molar-refractivity contribution < 1.29 is 9.59 Å². The average Bonchev–Trinajstić information content (AvgIpc) is 2.76. The normalized spacial score (nSPS) is 27.6. The highest BCUT2D eigenvalue weighted by Gasteiger charge is 2.46. The molecule has 2 N–H and O–H groups in total. The van der Waals surface area contributed by atoms with E-state index < -0.39 is 0 Å². The van der Waals surface area contributed by atoms with Crippen molar-refractivity contribution in [1.82, 2.24) is 4.98 Å². The van der Waals surface area contributed by atoms with Crippen LogP contribution in [0.3, 0.4) is 0 Å². The van der Waals surface area contributed by atoms with Crippen LogP contribution in [-0.2, 0) is 9.59 Å². The van der Waals surface area contributed by atoms with Crippen LogP contribution in [0.5, 0.6) is 0 Å². The van der Waals surface area contributed by atoms with Crippen LogP contribution in [0, 0.1) is 11.8 Å². The number of imide groups is 1. The van der Waals surface area contributed by atoms with Gasteiger partial charge in [-0.15, -0.1) is 0 Å². The largest absolute Gasteiger partial charge is 0.396 e. The summed E-state index contributed by atoms with van der Waals surface area (Å²) in [4.78, 5) is 29.5. The van der Waals surface area contributed by atoms with Crippen LogP contribution in [0.2, 0.25) is 0 Å². The Bertz CT molecular complexity index is 478. The van der Waals surface area contributed by atoms with Crippen LogP contribution >= 0.6 is 0 Å². The number of piperidine rings is 1. The Kier molecular flexibility index (Phi) is 2.14. The molecule has 2 fully saturated rings. The lowest BCUT2D eigenvalue weighted by Crippen LogP contribution is -2.46. The third-order valence-electron chi connectivity index (χ3n) is 3.64. The van der Waals surface area contributed by atoms with Crippen molar-refractivity contribution in [3.63, 3.8) is 0 Å². The molecule has 88 valence electrons. The highest BCUT2D eigenvalue weighted by atomic mass is 16.2. The van der Waals surface area contributed by atoms with E-state index in [0.717, 1.165) is 12.8 Å². The van der Waals surface area contributed by atoms with Gasteiger partial charge in [0, 0.05) is 18.0 Å². The molecule has 5 heteroatoms. The number of anilines is 2. The number of amides is 2. The van der Waals surface area contributed by atoms with Gasteiger partial charge >= 0.3 is 0 Å². The second-order valence-electron chi connectivity index (χ2n) is 4.65. The Morgan fingerprint density at radius 3 is 2.47 bits per heavy atom. The molecule has 1 aromatic heterocycles. The minimum Gasteiger partial charge on any atom is -0.396 e. The Morgan fingerprint density at radius 1 is 1.24 bits per heavy atom. The molecule has 2 unspecified atom stereocenters. The van der Waals surface area contributed by atoms with E-state index in [4.69, 9.17) is 5.73 Å². The molecule has 1 aliphatic heterocycles. The molecule has 2 atom stereocenters. The van der Waals surface area contributed by atoms with Gasteiger partial charge in [-0.3, -0.25) is 14.6 Å². The monoisotopic (exact) mass is 231 g/mol. The molecule has 5 nitrogen and oxygen atoms in total. The first-order valence-electron chi connectivity index (χ1n) is 5.76. The van der Waals surface area contributed by atoms with Crippen molar-refractivity contribution in [2.24, 2.45) is 11.8 Å². The summed E-state index contributed by atoms with van der Waals surface area (Å²) in [5, 5.41) is 0. The van der Waals surface area contributed by atoms with Gasteiger partial charge in [0.2, 0.25) is 11.8 Å². The van der Waals surface area contributed by atoms with Gasteiger partial charge in [0.05, 0.1) is 17.6 Å². The van der Waals surface area contributed by atoms with Crippen molar-refractivity contribution in [3.05, 3.63) is 18.5 Å². The zero-order chi connectivity index (χ0) is 12.0. The van der Waals surface area contributed by atoms with E-state index in [1.807, 2.05) is 0 Å². The number of nitrogen functional groups attached to an aromatic ring is 1. The third kappa shape index (κ3) is 1.42. The number of carbonyl (C=O) groups excluding carboxylic acids is 2. The second-order valence-corrected chi connectivity index (χ2v) is 4.65. The molecule has 2 aliphatic rings. The number of rotatable bonds is 1. The number of nitrogens with zero attached hydrogens (tertiary/aromatic N) is 2. The van der Waals surface area contributed by atoms with Gasteiger partial charge in [0.1, 0.15) is 0 Å². The Balaban J connectivity index is 2.05. The fraction of sp³-hybridized carbons (Fsp3) is 0.417. The molecule has 0 aromatic carbocycles. The quantitative estimate of drug-likeness (QED) is 0.730. The van der Waals surface area contributed by atoms with Crippen molar-refractivity contribution in [3.8, 4) is 0 Å². The Labute approximate surface area is 98.6 Å². The number of hydrogen-bond acceptors (Lipinski definition) is 4. The van der Waals surface area contributed by atoms with Crippen molar-refractivity contribution >= 4 is 23.2 Å². The van der Waals surface area contributed by atoms with E-state index in [9.17, 15) is 9.59 Å². The summed E-state index contributed by atoms with van der Waals surface area (Å²) in [6, 6.07) is 1.62. The SMILES string of the molecule is Nc1cnccc1N1C(=O)C2CCC(C2)C1=O. The van der Waals surface area contributed by atoms with Crippen molar-refractivity contribution in [2.75, 3.05) is 10.6 Å².